The van der Waals surface area contributed by atoms with Gasteiger partial charge in [0, 0.05) is 64.3 Å². The molecular weight excluding hydrogens is 707 g/mol. The molecule has 6 aromatic rings. The van der Waals surface area contributed by atoms with E-state index in [9.17, 15) is 4.79 Å². The van der Waals surface area contributed by atoms with Crippen LogP contribution < -0.4 is 15.0 Å². The van der Waals surface area contributed by atoms with Crippen LogP contribution in [0.25, 0.3) is 33.4 Å². The molecule has 2 N–H and O–H groups in total. The maximum absolute atomic E-state index is 14.8. The Kier molecular flexibility index (Phi) is 10.1. The third-order valence-electron chi connectivity index (χ3n) is 10.8. The lowest BCUT2D eigenvalue weighted by Crippen LogP contribution is -2.51. The van der Waals surface area contributed by atoms with Gasteiger partial charge in [0.15, 0.2) is 5.82 Å². The van der Waals surface area contributed by atoms with E-state index in [1.54, 1.807) is 7.11 Å². The monoisotopic (exact) mass is 748 g/mol. The van der Waals surface area contributed by atoms with Gasteiger partial charge in [0.25, 0.3) is 5.91 Å². The molecular formula is C41H42Cl2N8O2. The predicted octanol–water partition coefficient (Wildman–Crippen LogP) is 9.12. The molecule has 272 valence electrons. The summed E-state index contributed by atoms with van der Waals surface area (Å²) in [7, 11) is 1.56. The smallest absolute Gasteiger partial charge is 0.273 e. The van der Waals surface area contributed by atoms with E-state index in [0.717, 1.165) is 59.6 Å². The maximum Gasteiger partial charge on any atom is 0.273 e. The number of benzene rings is 3. The number of hydrogen-bond donors (Lipinski definition) is 2. The molecule has 53 heavy (non-hydrogen) atoms. The number of nitrogens with zero attached hydrogens (tertiary/aromatic N) is 6. The summed E-state index contributed by atoms with van der Waals surface area (Å²) in [6.45, 7) is 5.57. The first kappa shape index (κ1) is 35.1. The van der Waals surface area contributed by atoms with Crippen LogP contribution >= 0.6 is 23.2 Å². The van der Waals surface area contributed by atoms with Gasteiger partial charge in [-0.1, -0.05) is 91.0 Å². The molecule has 1 atom stereocenters. The fourth-order valence-electron chi connectivity index (χ4n) is 7.98. The fraction of sp³-hybridized carbons (Fsp3) is 0.317. The van der Waals surface area contributed by atoms with Crippen molar-refractivity contribution in [1.82, 2.24) is 29.4 Å². The molecule has 2 fully saturated rings. The number of fused-ring (bicyclic) bond motifs is 1. The number of carbonyl (C=O) groups is 1. The normalized spacial score (nSPS) is 16.2. The van der Waals surface area contributed by atoms with Crippen molar-refractivity contribution in [1.29, 1.82) is 0 Å². The highest BCUT2D eigenvalue weighted by molar-refractivity contribution is 6.31. The largest absolute Gasteiger partial charge is 0.479 e. The van der Waals surface area contributed by atoms with E-state index in [2.05, 4.69) is 36.6 Å². The molecule has 12 heteroatoms. The summed E-state index contributed by atoms with van der Waals surface area (Å²) in [4.78, 5) is 37.2. The SMILES string of the molecule is COc1ncnc(N2CCN(C3CCCCC3)CC2)c1NC(=O)c1[nH]c2cc(Cl)ccc2c1-c1c(-c2ccccc2)ncn1[C@@H](C)c1ccc(Cl)cc1. The lowest BCUT2D eigenvalue weighted by Gasteiger charge is -2.41. The number of anilines is 2. The minimum atomic E-state index is -0.367. The summed E-state index contributed by atoms with van der Waals surface area (Å²) in [5, 5.41) is 5.23. The summed E-state index contributed by atoms with van der Waals surface area (Å²) < 4.78 is 7.85. The number of halogens is 2. The number of aromatic nitrogens is 5. The molecule has 0 spiro atoms. The van der Waals surface area contributed by atoms with Crippen molar-refractivity contribution in [3.05, 3.63) is 107 Å². The van der Waals surface area contributed by atoms with Crippen molar-refractivity contribution in [2.75, 3.05) is 43.5 Å². The van der Waals surface area contributed by atoms with Crippen LogP contribution in [0.4, 0.5) is 11.5 Å². The van der Waals surface area contributed by atoms with Crippen LogP contribution in [0.1, 0.15) is 61.1 Å². The molecule has 1 amide bonds. The zero-order chi connectivity index (χ0) is 36.5. The van der Waals surface area contributed by atoms with E-state index in [-0.39, 0.29) is 11.9 Å². The molecule has 10 nitrogen and oxygen atoms in total. The van der Waals surface area contributed by atoms with Gasteiger partial charge in [-0.25, -0.2) is 9.97 Å². The summed E-state index contributed by atoms with van der Waals surface area (Å²) in [6, 6.07) is 23.9. The molecule has 0 radical (unpaired) electrons. The topological polar surface area (TPSA) is 104 Å². The van der Waals surface area contributed by atoms with Gasteiger partial charge in [-0.15, -0.1) is 0 Å². The van der Waals surface area contributed by atoms with Crippen molar-refractivity contribution in [2.24, 2.45) is 0 Å². The number of piperazine rings is 1. The number of ether oxygens (including phenoxy) is 1. The summed E-state index contributed by atoms with van der Waals surface area (Å²) in [6.07, 6.45) is 9.82. The summed E-state index contributed by atoms with van der Waals surface area (Å²) in [5.74, 6) is 0.569. The van der Waals surface area contributed by atoms with E-state index < -0.39 is 0 Å². The van der Waals surface area contributed by atoms with Crippen molar-refractivity contribution in [2.45, 2.75) is 51.1 Å². The predicted molar refractivity (Wildman–Crippen MR) is 212 cm³/mol. The van der Waals surface area contributed by atoms with Gasteiger partial charge in [-0.05, 0) is 49.6 Å². The zero-order valence-corrected chi connectivity index (χ0v) is 31.4. The Morgan fingerprint density at radius 1 is 0.906 bits per heavy atom. The van der Waals surface area contributed by atoms with Gasteiger partial charge in [0.05, 0.1) is 30.9 Å². The van der Waals surface area contributed by atoms with Crippen LogP contribution in [0, 0.1) is 0 Å². The molecule has 1 aliphatic carbocycles. The average Bonchev–Trinajstić information content (AvgIpc) is 3.80. The minimum Gasteiger partial charge on any atom is -0.479 e. The van der Waals surface area contributed by atoms with Gasteiger partial charge in [-0.2, -0.15) is 4.98 Å². The van der Waals surface area contributed by atoms with E-state index in [1.165, 1.54) is 38.4 Å². The number of nitrogens with one attached hydrogen (secondary N) is 2. The first-order chi connectivity index (χ1) is 25.9. The summed E-state index contributed by atoms with van der Waals surface area (Å²) in [5.41, 5.74) is 5.70. The van der Waals surface area contributed by atoms with E-state index in [1.807, 2.05) is 79.1 Å². The van der Waals surface area contributed by atoms with Gasteiger partial charge in [0.1, 0.15) is 17.7 Å². The van der Waals surface area contributed by atoms with Crippen LogP contribution in [0.2, 0.25) is 10.0 Å². The first-order valence-electron chi connectivity index (χ1n) is 18.3. The van der Waals surface area contributed by atoms with Crippen LogP contribution in [-0.4, -0.2) is 74.6 Å². The third kappa shape index (κ3) is 6.99. The number of hydrogen-bond acceptors (Lipinski definition) is 7. The molecule has 1 aliphatic heterocycles. The second-order valence-corrected chi connectivity index (χ2v) is 14.7. The van der Waals surface area contributed by atoms with E-state index >= 15 is 0 Å². The quantitative estimate of drug-likeness (QED) is 0.152. The first-order valence-corrected chi connectivity index (χ1v) is 19.0. The number of H-pyrrole nitrogens is 1. The lowest BCUT2D eigenvalue weighted by molar-refractivity contribution is 0.102. The Morgan fingerprint density at radius 3 is 2.38 bits per heavy atom. The Balaban J connectivity index is 1.21. The highest BCUT2D eigenvalue weighted by Gasteiger charge is 2.31. The van der Waals surface area contributed by atoms with E-state index in [4.69, 9.17) is 37.9 Å². The van der Waals surface area contributed by atoms with Crippen molar-refractivity contribution in [3.8, 4) is 28.4 Å². The van der Waals surface area contributed by atoms with Crippen molar-refractivity contribution < 1.29 is 9.53 Å². The number of aromatic amines is 1. The average molecular weight is 750 g/mol. The van der Waals surface area contributed by atoms with Gasteiger partial charge in [0.2, 0.25) is 5.88 Å². The maximum atomic E-state index is 14.8. The second-order valence-electron chi connectivity index (χ2n) is 13.9. The van der Waals surface area contributed by atoms with Crippen LogP contribution in [0.3, 0.4) is 0 Å². The van der Waals surface area contributed by atoms with Crippen LogP contribution in [0.15, 0.2) is 85.5 Å². The Hall–Kier alpha value is -4.90. The van der Waals surface area contributed by atoms with E-state index in [0.29, 0.717) is 44.7 Å². The van der Waals surface area contributed by atoms with Crippen molar-refractivity contribution in [3.63, 3.8) is 0 Å². The third-order valence-corrected chi connectivity index (χ3v) is 11.3. The van der Waals surface area contributed by atoms with Gasteiger partial charge >= 0.3 is 0 Å². The highest BCUT2D eigenvalue weighted by Crippen LogP contribution is 2.42. The van der Waals surface area contributed by atoms with Crippen LogP contribution in [0.5, 0.6) is 5.88 Å². The highest BCUT2D eigenvalue weighted by atomic mass is 35.5. The lowest BCUT2D eigenvalue weighted by atomic mass is 9.94. The zero-order valence-electron chi connectivity index (χ0n) is 29.9. The summed E-state index contributed by atoms with van der Waals surface area (Å²) >= 11 is 12.8. The molecule has 3 aromatic heterocycles. The number of methoxy groups -OCH3 is 1. The molecule has 0 unspecified atom stereocenters. The minimum absolute atomic E-state index is 0.151. The Labute approximate surface area is 319 Å². The second kappa shape index (κ2) is 15.2. The Morgan fingerprint density at radius 2 is 1.64 bits per heavy atom. The number of carbonyl (C=O) groups excluding carboxylic acids is 1. The van der Waals surface area contributed by atoms with Crippen molar-refractivity contribution >= 4 is 51.5 Å². The number of rotatable bonds is 9. The fourth-order valence-corrected chi connectivity index (χ4v) is 8.28. The van der Waals surface area contributed by atoms with Crippen LogP contribution in [-0.2, 0) is 0 Å². The molecule has 8 rings (SSSR count). The molecule has 2 aliphatic rings. The van der Waals surface area contributed by atoms with Gasteiger partial charge in [-0.3, -0.25) is 9.69 Å². The molecule has 0 bridgehead atoms. The van der Waals surface area contributed by atoms with Gasteiger partial charge < -0.3 is 24.5 Å². The Bertz CT molecular complexity index is 2220. The number of imidazole rings is 1. The number of amides is 1. The molecule has 1 saturated heterocycles. The molecule has 1 saturated carbocycles. The standard InChI is InChI=1S/C41H42Cl2N8O2/c1-26(27-13-15-29(42)16-14-27)51-25-46-35(28-9-5-3-6-10-28)38(51)34-32-18-17-30(43)23-33(32)47-36(34)40(52)48-37-39(44-24-45-41(37)53-2)50-21-19-49(20-22-50)31-11-7-4-8-12-31/h3,5-6,9-10,13-18,23-26,31,47H,4,7-8,11-12,19-22H2,1-2H3,(H,48,52)/t26-/m0/s1. The molecule has 3 aromatic carbocycles. The molecule has 4 heterocycles.